The Kier molecular flexibility index (Phi) is 4.52. The summed E-state index contributed by atoms with van der Waals surface area (Å²) in [6, 6.07) is 9.54. The highest BCUT2D eigenvalue weighted by atomic mass is 16.3. The fourth-order valence-corrected chi connectivity index (χ4v) is 2.87. The fourth-order valence-electron chi connectivity index (χ4n) is 2.87. The van der Waals surface area contributed by atoms with Crippen LogP contribution in [0, 0.1) is 0 Å². The summed E-state index contributed by atoms with van der Waals surface area (Å²) in [5.41, 5.74) is 0.366. The van der Waals surface area contributed by atoms with E-state index >= 15 is 0 Å². The molecule has 0 radical (unpaired) electrons. The smallest absolute Gasteiger partial charge is 0.349 e. The number of nitrogens with one attached hydrogen (secondary N) is 1. The van der Waals surface area contributed by atoms with Crippen LogP contribution in [-0.2, 0) is 6.54 Å². The predicted octanol–water partition coefficient (Wildman–Crippen LogP) is 1.74. The van der Waals surface area contributed by atoms with Crippen LogP contribution >= 0.6 is 0 Å². The van der Waals surface area contributed by atoms with E-state index in [-0.39, 0.29) is 6.61 Å². The molecule has 2 N–H and O–H groups in total. The molecule has 0 fully saturated rings. The highest BCUT2D eigenvalue weighted by Gasteiger charge is 2.16. The number of aliphatic hydroxyl groups excluding tert-OH is 1. The number of aromatic amines is 1. The normalized spacial score (nSPS) is 11.3. The van der Waals surface area contributed by atoms with Crippen LogP contribution < -0.4 is 11.2 Å². The number of rotatable bonds is 6. The molecule has 120 valence electrons. The van der Waals surface area contributed by atoms with Gasteiger partial charge in [0.15, 0.2) is 5.82 Å². The van der Waals surface area contributed by atoms with Crippen LogP contribution in [-0.4, -0.2) is 26.2 Å². The molecule has 1 aromatic carbocycles. The van der Waals surface area contributed by atoms with E-state index in [0.29, 0.717) is 17.9 Å². The van der Waals surface area contributed by atoms with E-state index in [4.69, 9.17) is 5.11 Å². The highest BCUT2D eigenvalue weighted by molar-refractivity contribution is 5.85. The molecule has 0 bridgehead atoms. The number of H-pyrrole nitrogens is 1. The third-order valence-corrected chi connectivity index (χ3v) is 3.99. The lowest BCUT2D eigenvalue weighted by Crippen LogP contribution is -2.27. The minimum absolute atomic E-state index is 0.209. The van der Waals surface area contributed by atoms with Gasteiger partial charge in [-0.05, 0) is 30.4 Å². The van der Waals surface area contributed by atoms with Crippen molar-refractivity contribution in [3.8, 4) is 11.4 Å². The molecule has 23 heavy (non-hydrogen) atoms. The van der Waals surface area contributed by atoms with Gasteiger partial charge in [0.25, 0.3) is 5.56 Å². The van der Waals surface area contributed by atoms with Crippen LogP contribution in [0.3, 0.4) is 0 Å². The summed E-state index contributed by atoms with van der Waals surface area (Å²) in [5, 5.41) is 9.78. The largest absolute Gasteiger partial charge is 0.396 e. The van der Waals surface area contributed by atoms with Gasteiger partial charge in [0.1, 0.15) is 0 Å². The van der Waals surface area contributed by atoms with Crippen molar-refractivity contribution in [2.75, 3.05) is 6.61 Å². The van der Waals surface area contributed by atoms with Crippen molar-refractivity contribution in [1.29, 1.82) is 0 Å². The van der Waals surface area contributed by atoms with Crippen LogP contribution in [0.2, 0.25) is 0 Å². The van der Waals surface area contributed by atoms with Gasteiger partial charge in [-0.25, -0.2) is 4.79 Å². The summed E-state index contributed by atoms with van der Waals surface area (Å²) in [7, 11) is 0. The molecule has 0 saturated heterocycles. The molecule has 0 saturated carbocycles. The number of aliphatic hydroxyl groups is 1. The lowest BCUT2D eigenvalue weighted by atomic mass is 10.1. The number of benzene rings is 1. The molecule has 1 aromatic rings. The molecule has 2 aliphatic rings. The van der Waals surface area contributed by atoms with E-state index in [1.54, 1.807) is 6.07 Å². The predicted molar refractivity (Wildman–Crippen MR) is 88.8 cm³/mol. The molecule has 0 unspecified atom stereocenters. The summed E-state index contributed by atoms with van der Waals surface area (Å²) in [4.78, 5) is 29.9. The number of fused-ring (bicyclic) bond motifs is 2. The second kappa shape index (κ2) is 6.75. The second-order valence-electron chi connectivity index (χ2n) is 5.60. The van der Waals surface area contributed by atoms with E-state index in [1.807, 2.05) is 28.8 Å². The van der Waals surface area contributed by atoms with Gasteiger partial charge >= 0.3 is 5.69 Å². The van der Waals surface area contributed by atoms with Gasteiger partial charge in [-0.15, -0.1) is 0 Å². The third-order valence-electron chi connectivity index (χ3n) is 3.99. The van der Waals surface area contributed by atoms with E-state index in [0.717, 1.165) is 36.6 Å². The number of hydrogen-bond acceptors (Lipinski definition) is 4. The first-order valence-corrected chi connectivity index (χ1v) is 7.84. The first kappa shape index (κ1) is 15.4. The Morgan fingerprint density at radius 3 is 2.70 bits per heavy atom. The lowest BCUT2D eigenvalue weighted by Gasteiger charge is -2.17. The number of unbranched alkanes of at least 4 members (excludes halogenated alkanes) is 3. The van der Waals surface area contributed by atoms with Crippen LogP contribution in [0.15, 0.2) is 39.9 Å². The van der Waals surface area contributed by atoms with Gasteiger partial charge in [0, 0.05) is 18.7 Å². The zero-order chi connectivity index (χ0) is 16.2. The van der Waals surface area contributed by atoms with Crippen LogP contribution in [0.5, 0.6) is 0 Å². The van der Waals surface area contributed by atoms with Crippen molar-refractivity contribution in [1.82, 2.24) is 14.5 Å². The van der Waals surface area contributed by atoms with Gasteiger partial charge in [0.2, 0.25) is 0 Å². The SMILES string of the molecule is O=c1nc2n(CCCCCCO)c3ccccc3cc-2c(=O)[nH]1. The Balaban J connectivity index is 2.07. The van der Waals surface area contributed by atoms with Crippen molar-refractivity contribution >= 4 is 10.9 Å². The van der Waals surface area contributed by atoms with Crippen LogP contribution in [0.1, 0.15) is 25.7 Å². The molecule has 0 atom stereocenters. The molecule has 6 nitrogen and oxygen atoms in total. The maximum Gasteiger partial charge on any atom is 0.349 e. The quantitative estimate of drug-likeness (QED) is 0.536. The molecular formula is C17H19N3O3. The summed E-state index contributed by atoms with van der Waals surface area (Å²) >= 11 is 0. The van der Waals surface area contributed by atoms with Crippen molar-refractivity contribution in [3.63, 3.8) is 0 Å². The van der Waals surface area contributed by atoms with Crippen molar-refractivity contribution in [2.45, 2.75) is 32.2 Å². The molecule has 0 aromatic heterocycles. The topological polar surface area (TPSA) is 88.0 Å². The maximum atomic E-state index is 12.1. The lowest BCUT2D eigenvalue weighted by molar-refractivity contribution is 0.282. The van der Waals surface area contributed by atoms with Gasteiger partial charge in [-0.1, -0.05) is 31.0 Å². The average Bonchev–Trinajstić information content (AvgIpc) is 2.54. The highest BCUT2D eigenvalue weighted by Crippen LogP contribution is 2.24. The molecule has 2 heterocycles. The zero-order valence-electron chi connectivity index (χ0n) is 12.8. The molecule has 0 spiro atoms. The molecular weight excluding hydrogens is 294 g/mol. The van der Waals surface area contributed by atoms with Crippen LogP contribution in [0.4, 0.5) is 0 Å². The molecule has 0 amide bonds. The number of nitrogens with zero attached hydrogens (tertiary/aromatic N) is 2. The number of hydrogen-bond donors (Lipinski definition) is 2. The number of aromatic nitrogens is 3. The first-order chi connectivity index (χ1) is 11.2. The number of para-hydroxylation sites is 1. The zero-order valence-corrected chi connectivity index (χ0v) is 12.8. The van der Waals surface area contributed by atoms with Gasteiger partial charge in [-0.2, -0.15) is 4.98 Å². The summed E-state index contributed by atoms with van der Waals surface area (Å²) in [6.07, 6.45) is 3.63. The molecule has 2 aliphatic heterocycles. The van der Waals surface area contributed by atoms with Crippen molar-refractivity contribution in [2.24, 2.45) is 0 Å². The van der Waals surface area contributed by atoms with Crippen molar-refractivity contribution < 1.29 is 5.11 Å². The second-order valence-corrected chi connectivity index (χ2v) is 5.60. The monoisotopic (exact) mass is 313 g/mol. The minimum atomic E-state index is -0.619. The van der Waals surface area contributed by atoms with E-state index in [9.17, 15) is 9.59 Å². The number of pyridine rings is 1. The average molecular weight is 313 g/mol. The molecule has 3 rings (SSSR count). The van der Waals surface area contributed by atoms with E-state index in [1.165, 1.54) is 0 Å². The van der Waals surface area contributed by atoms with E-state index in [2.05, 4.69) is 9.97 Å². The molecule has 6 heteroatoms. The van der Waals surface area contributed by atoms with Gasteiger partial charge in [0.05, 0.1) is 5.56 Å². The Morgan fingerprint density at radius 1 is 1.09 bits per heavy atom. The summed E-state index contributed by atoms with van der Waals surface area (Å²) < 4.78 is 1.94. The Morgan fingerprint density at radius 2 is 1.87 bits per heavy atom. The Hall–Kier alpha value is -2.47. The van der Waals surface area contributed by atoms with Crippen LogP contribution in [0.25, 0.3) is 22.3 Å². The fraction of sp³-hybridized carbons (Fsp3) is 0.353. The Bertz CT molecular complexity index is 898. The third kappa shape index (κ3) is 3.17. The van der Waals surface area contributed by atoms with Crippen molar-refractivity contribution in [3.05, 3.63) is 51.2 Å². The summed E-state index contributed by atoms with van der Waals surface area (Å²) in [6.45, 7) is 0.889. The van der Waals surface area contributed by atoms with E-state index < -0.39 is 11.2 Å². The van der Waals surface area contributed by atoms with Gasteiger partial charge in [-0.3, -0.25) is 9.78 Å². The first-order valence-electron chi connectivity index (χ1n) is 7.84. The molecule has 0 aliphatic carbocycles. The maximum absolute atomic E-state index is 12.1. The number of aryl methyl sites for hydroxylation is 1. The van der Waals surface area contributed by atoms with Gasteiger partial charge < -0.3 is 9.67 Å². The minimum Gasteiger partial charge on any atom is -0.396 e. The standard InChI is InChI=1S/C17H19N3O3/c21-10-6-2-1-5-9-20-14-8-4-3-7-12(14)11-13-15(20)18-17(23)19-16(13)22/h3-4,7-8,11,21H,1-2,5-6,9-10H2,(H,19,22,23). The summed E-state index contributed by atoms with van der Waals surface area (Å²) in [5.74, 6) is 0.430. The Labute approximate surface area is 132 Å².